The Morgan fingerprint density at radius 2 is 1.79 bits per heavy atom. The molecule has 0 aromatic heterocycles. The van der Waals surface area contributed by atoms with Gasteiger partial charge < -0.3 is 10.6 Å². The molecule has 0 aliphatic carbocycles. The molecule has 0 amide bonds. The molecule has 1 heterocycles. The summed E-state index contributed by atoms with van der Waals surface area (Å²) < 4.78 is 0. The molecule has 1 aromatic carbocycles. The molecule has 5 heteroatoms. The molecular weight excluding hydrogens is 221 g/mol. The highest BCUT2D eigenvalue weighted by molar-refractivity contribution is 5.85. The average Bonchev–Trinajstić information content (AvgIpc) is 2.58. The van der Waals surface area contributed by atoms with Crippen molar-refractivity contribution in [3.63, 3.8) is 0 Å². The minimum Gasteiger partial charge on any atom is -0.399 e. The Kier molecular flexibility index (Phi) is 5.35. The normalized spacial score (nSPS) is 13.3. The summed E-state index contributed by atoms with van der Waals surface area (Å²) in [4.78, 5) is 6.24. The smallest absolute Gasteiger partial charge is 0.0895 e. The molecule has 0 saturated heterocycles. The third kappa shape index (κ3) is 2.79. The number of nitrogens with zero attached hydrogens (tertiary/aromatic N) is 2. The summed E-state index contributed by atoms with van der Waals surface area (Å²) in [5.74, 6) is 0. The van der Waals surface area contributed by atoms with Crippen LogP contribution < -0.4 is 10.6 Å². The molecule has 0 radical (unpaired) electrons. The van der Waals surface area contributed by atoms with E-state index in [2.05, 4.69) is 9.89 Å². The van der Waals surface area contributed by atoms with E-state index in [-0.39, 0.29) is 24.8 Å². The van der Waals surface area contributed by atoms with Gasteiger partial charge in [-0.25, -0.2) is 0 Å². The van der Waals surface area contributed by atoms with Crippen LogP contribution in [0, 0.1) is 0 Å². The van der Waals surface area contributed by atoms with E-state index >= 15 is 0 Å². The van der Waals surface area contributed by atoms with Crippen molar-refractivity contribution in [2.75, 3.05) is 23.7 Å². The molecule has 78 valence electrons. The van der Waals surface area contributed by atoms with E-state index in [4.69, 9.17) is 5.73 Å². The second kappa shape index (κ2) is 5.73. The Bertz CT molecular complexity index is 297. The molecule has 0 spiro atoms. The lowest BCUT2D eigenvalue weighted by atomic mass is 10.2. The maximum absolute atomic E-state index is 5.57. The Morgan fingerprint density at radius 1 is 1.14 bits per heavy atom. The molecule has 0 bridgehead atoms. The molecule has 0 atom stereocenters. The van der Waals surface area contributed by atoms with Gasteiger partial charge in [0.1, 0.15) is 0 Å². The van der Waals surface area contributed by atoms with E-state index in [1.807, 2.05) is 30.6 Å². The molecule has 14 heavy (non-hydrogen) atoms. The monoisotopic (exact) mass is 233 g/mol. The van der Waals surface area contributed by atoms with Crippen molar-refractivity contribution in [3.05, 3.63) is 24.3 Å². The largest absolute Gasteiger partial charge is 0.399 e. The quantitative estimate of drug-likeness (QED) is 0.754. The number of halogens is 2. The van der Waals surface area contributed by atoms with Crippen LogP contribution in [0.1, 0.15) is 0 Å². The number of aliphatic imine (C=N–C) groups is 1. The van der Waals surface area contributed by atoms with Gasteiger partial charge >= 0.3 is 0 Å². The van der Waals surface area contributed by atoms with Crippen LogP contribution in [0.15, 0.2) is 29.3 Å². The number of nitrogens with two attached hydrogens (primary N) is 1. The zero-order chi connectivity index (χ0) is 8.39. The van der Waals surface area contributed by atoms with Gasteiger partial charge in [-0.3, -0.25) is 4.99 Å². The molecule has 0 saturated carbocycles. The van der Waals surface area contributed by atoms with Gasteiger partial charge in [-0.05, 0) is 24.3 Å². The Labute approximate surface area is 95.8 Å². The molecule has 3 nitrogen and oxygen atoms in total. The van der Waals surface area contributed by atoms with E-state index in [0.29, 0.717) is 0 Å². The highest BCUT2D eigenvalue weighted by atomic mass is 35.5. The van der Waals surface area contributed by atoms with E-state index < -0.39 is 0 Å². The molecule has 1 aliphatic rings. The maximum atomic E-state index is 5.57. The van der Waals surface area contributed by atoms with E-state index in [0.717, 1.165) is 24.5 Å². The number of hydrogen-bond donors (Lipinski definition) is 1. The van der Waals surface area contributed by atoms with Gasteiger partial charge in [0.05, 0.1) is 12.9 Å². The van der Waals surface area contributed by atoms with Crippen molar-refractivity contribution in [2.24, 2.45) is 4.99 Å². The minimum atomic E-state index is 0. The fourth-order valence-corrected chi connectivity index (χ4v) is 1.24. The second-order valence-electron chi connectivity index (χ2n) is 2.81. The molecular formula is C9H13Cl2N3. The summed E-state index contributed by atoms with van der Waals surface area (Å²) in [5, 5.41) is 0. The van der Waals surface area contributed by atoms with Crippen LogP contribution in [0.5, 0.6) is 0 Å². The average molecular weight is 234 g/mol. The highest BCUT2D eigenvalue weighted by Crippen LogP contribution is 2.16. The van der Waals surface area contributed by atoms with Gasteiger partial charge in [-0.15, -0.1) is 24.8 Å². The van der Waals surface area contributed by atoms with Crippen LogP contribution in [-0.4, -0.2) is 19.4 Å². The first-order chi connectivity index (χ1) is 5.86. The van der Waals surface area contributed by atoms with Crippen molar-refractivity contribution in [1.29, 1.82) is 0 Å². The standard InChI is InChI=1S/C9H11N3.2ClH/c10-8-1-3-9(4-2-8)12-6-5-11-7-12;;/h1-4,7H,5-6,10H2;2*1H. The zero-order valence-electron chi connectivity index (χ0n) is 7.59. The van der Waals surface area contributed by atoms with Gasteiger partial charge in [0.25, 0.3) is 0 Å². The number of hydrogen-bond acceptors (Lipinski definition) is 3. The Balaban J connectivity index is 0.000000845. The van der Waals surface area contributed by atoms with Crippen molar-refractivity contribution in [1.82, 2.24) is 0 Å². The Hall–Kier alpha value is -0.930. The first-order valence-corrected chi connectivity index (χ1v) is 3.98. The first kappa shape index (κ1) is 13.1. The predicted octanol–water partition coefficient (Wildman–Crippen LogP) is 1.96. The third-order valence-corrected chi connectivity index (χ3v) is 1.92. The molecule has 2 N–H and O–H groups in total. The van der Waals surface area contributed by atoms with Gasteiger partial charge in [0.2, 0.25) is 0 Å². The number of benzene rings is 1. The maximum Gasteiger partial charge on any atom is 0.0895 e. The molecule has 0 fully saturated rings. The molecule has 1 aromatic rings. The van der Waals surface area contributed by atoms with Gasteiger partial charge in [-0.2, -0.15) is 0 Å². The second-order valence-corrected chi connectivity index (χ2v) is 2.81. The van der Waals surface area contributed by atoms with Crippen LogP contribution in [0.2, 0.25) is 0 Å². The van der Waals surface area contributed by atoms with Crippen molar-refractivity contribution in [3.8, 4) is 0 Å². The summed E-state index contributed by atoms with van der Waals surface area (Å²) in [6.07, 6.45) is 1.87. The van der Waals surface area contributed by atoms with E-state index in [9.17, 15) is 0 Å². The summed E-state index contributed by atoms with van der Waals surface area (Å²) in [7, 11) is 0. The topological polar surface area (TPSA) is 41.6 Å². The fourth-order valence-electron chi connectivity index (χ4n) is 1.24. The SMILES string of the molecule is Cl.Cl.Nc1ccc(N2C=NCC2)cc1. The summed E-state index contributed by atoms with van der Waals surface area (Å²) >= 11 is 0. The molecule has 0 unspecified atom stereocenters. The van der Waals surface area contributed by atoms with Crippen LogP contribution in [0.25, 0.3) is 0 Å². The molecule has 1 aliphatic heterocycles. The van der Waals surface area contributed by atoms with Crippen LogP contribution in [0.4, 0.5) is 11.4 Å². The lowest BCUT2D eigenvalue weighted by molar-refractivity contribution is 1.02. The highest BCUT2D eigenvalue weighted by Gasteiger charge is 2.06. The Morgan fingerprint density at radius 3 is 2.29 bits per heavy atom. The lowest BCUT2D eigenvalue weighted by Crippen LogP contribution is -2.17. The summed E-state index contributed by atoms with van der Waals surface area (Å²) in [6.45, 7) is 1.87. The fraction of sp³-hybridized carbons (Fsp3) is 0.222. The van der Waals surface area contributed by atoms with E-state index in [1.54, 1.807) is 0 Å². The third-order valence-electron chi connectivity index (χ3n) is 1.92. The first-order valence-electron chi connectivity index (χ1n) is 3.98. The van der Waals surface area contributed by atoms with Crippen LogP contribution >= 0.6 is 24.8 Å². The lowest BCUT2D eigenvalue weighted by Gasteiger charge is -2.13. The van der Waals surface area contributed by atoms with E-state index in [1.165, 1.54) is 0 Å². The number of rotatable bonds is 1. The van der Waals surface area contributed by atoms with Crippen molar-refractivity contribution < 1.29 is 0 Å². The summed E-state index contributed by atoms with van der Waals surface area (Å²) in [6, 6.07) is 7.82. The summed E-state index contributed by atoms with van der Waals surface area (Å²) in [5.41, 5.74) is 7.53. The van der Waals surface area contributed by atoms with Crippen molar-refractivity contribution >= 4 is 42.5 Å². The van der Waals surface area contributed by atoms with Crippen LogP contribution in [0.3, 0.4) is 0 Å². The van der Waals surface area contributed by atoms with Gasteiger partial charge in [0, 0.05) is 17.9 Å². The van der Waals surface area contributed by atoms with Crippen molar-refractivity contribution in [2.45, 2.75) is 0 Å². The number of anilines is 2. The van der Waals surface area contributed by atoms with Gasteiger partial charge in [0.15, 0.2) is 0 Å². The zero-order valence-corrected chi connectivity index (χ0v) is 9.22. The molecule has 2 rings (SSSR count). The van der Waals surface area contributed by atoms with Crippen LogP contribution in [-0.2, 0) is 0 Å². The minimum absolute atomic E-state index is 0. The van der Waals surface area contributed by atoms with Gasteiger partial charge in [-0.1, -0.05) is 0 Å². The number of nitrogen functional groups attached to an aromatic ring is 1. The predicted molar refractivity (Wildman–Crippen MR) is 66.1 cm³/mol.